The van der Waals surface area contributed by atoms with Crippen LogP contribution in [0.3, 0.4) is 0 Å². The van der Waals surface area contributed by atoms with Gasteiger partial charge < -0.3 is 10.0 Å². The molecule has 0 bridgehead atoms. The predicted octanol–water partition coefficient (Wildman–Crippen LogP) is 0.628. The molecule has 0 saturated heterocycles. The lowest BCUT2D eigenvalue weighted by molar-refractivity contribution is 0.0973. The molecule has 2 heterocycles. The van der Waals surface area contributed by atoms with Crippen LogP contribution in [0.15, 0.2) is 29.1 Å². The Kier molecular flexibility index (Phi) is 7.32. The van der Waals surface area contributed by atoms with Crippen LogP contribution >= 0.6 is 0 Å². The van der Waals surface area contributed by atoms with Gasteiger partial charge in [-0.25, -0.2) is 9.37 Å². The van der Waals surface area contributed by atoms with Crippen molar-refractivity contribution in [1.82, 2.24) is 23.1 Å². The summed E-state index contributed by atoms with van der Waals surface area (Å²) in [6, 6.07) is 4.81. The number of aryl methyl sites for hydroxylation is 1. The second-order valence-electron chi connectivity index (χ2n) is 8.26. The van der Waals surface area contributed by atoms with E-state index in [1.165, 1.54) is 37.8 Å². The Morgan fingerprint density at radius 2 is 1.85 bits per heavy atom. The Balaban J connectivity index is 2.01. The maximum atomic E-state index is 13.1. The van der Waals surface area contributed by atoms with Crippen LogP contribution in [-0.2, 0) is 23.2 Å². The lowest BCUT2D eigenvalue weighted by atomic mass is 10.1. The summed E-state index contributed by atoms with van der Waals surface area (Å²) >= 11 is 0. The minimum absolute atomic E-state index is 0.0640. The lowest BCUT2D eigenvalue weighted by Crippen LogP contribution is -2.44. The summed E-state index contributed by atoms with van der Waals surface area (Å²) in [5.41, 5.74) is -0.466. The number of Topliss-reactive ketones (excluding diaryl/α,β-unsaturated/α-hetero) is 1. The Labute approximate surface area is 192 Å². The summed E-state index contributed by atoms with van der Waals surface area (Å²) in [5.74, 6) is -1.62. The summed E-state index contributed by atoms with van der Waals surface area (Å²) in [7, 11) is 2.11. The zero-order valence-electron chi connectivity index (χ0n) is 19.0. The van der Waals surface area contributed by atoms with Gasteiger partial charge in [0.2, 0.25) is 5.75 Å². The monoisotopic (exact) mass is 481 g/mol. The largest absolute Gasteiger partial charge is 0.501 e. The van der Waals surface area contributed by atoms with Crippen molar-refractivity contribution in [2.75, 3.05) is 41.3 Å². The van der Waals surface area contributed by atoms with E-state index < -0.39 is 44.9 Å². The second-order valence-corrected chi connectivity index (χ2v) is 10.5. The quantitative estimate of drug-likeness (QED) is 0.577. The van der Waals surface area contributed by atoms with E-state index in [2.05, 4.69) is 4.98 Å². The molecule has 0 aliphatic carbocycles. The topological polar surface area (TPSA) is 116 Å². The molecule has 1 aromatic carbocycles. The van der Waals surface area contributed by atoms with Gasteiger partial charge in [0.25, 0.3) is 15.8 Å². The van der Waals surface area contributed by atoms with Crippen LogP contribution in [-0.4, -0.2) is 83.6 Å². The van der Waals surface area contributed by atoms with E-state index in [1.54, 1.807) is 19.2 Å². The van der Waals surface area contributed by atoms with Gasteiger partial charge in [0.1, 0.15) is 11.6 Å². The minimum atomic E-state index is -3.86. The van der Waals surface area contributed by atoms with Crippen LogP contribution in [0.2, 0.25) is 0 Å². The molecule has 1 aliphatic heterocycles. The van der Waals surface area contributed by atoms with Crippen molar-refractivity contribution in [1.29, 1.82) is 0 Å². The Hall–Kier alpha value is -2.67. The van der Waals surface area contributed by atoms with E-state index in [9.17, 15) is 27.5 Å². The number of carbonyl (C=O) groups is 1. The average Bonchev–Trinajstić information content (AvgIpc) is 2.93. The Morgan fingerprint density at radius 1 is 1.21 bits per heavy atom. The van der Waals surface area contributed by atoms with Gasteiger partial charge in [0.05, 0.1) is 6.04 Å². The van der Waals surface area contributed by atoms with E-state index in [-0.39, 0.29) is 31.8 Å². The summed E-state index contributed by atoms with van der Waals surface area (Å²) in [6.45, 7) is 0.851. The number of hydrogen-bond acceptors (Lipinski definition) is 7. The van der Waals surface area contributed by atoms with Gasteiger partial charge in [-0.3, -0.25) is 14.2 Å². The van der Waals surface area contributed by atoms with Crippen LogP contribution in [0.25, 0.3) is 0 Å². The van der Waals surface area contributed by atoms with Gasteiger partial charge in [-0.05, 0) is 31.2 Å². The van der Waals surface area contributed by atoms with Crippen LogP contribution in [0.4, 0.5) is 4.39 Å². The first-order valence-electron chi connectivity index (χ1n) is 10.4. The molecule has 33 heavy (non-hydrogen) atoms. The minimum Gasteiger partial charge on any atom is -0.501 e. The normalized spacial score (nSPS) is 17.2. The second kappa shape index (κ2) is 9.67. The summed E-state index contributed by atoms with van der Waals surface area (Å²) < 4.78 is 42.1. The third-order valence-corrected chi connectivity index (χ3v) is 7.65. The third-order valence-electron chi connectivity index (χ3n) is 5.75. The SMILES string of the molecule is CN1CCn2c(nc(C(=O)CCc3ccc(F)cc3)c(O)c2=O)C(N(C)S(=O)(=O)N(C)C)C1. The fourth-order valence-corrected chi connectivity index (χ4v) is 4.69. The molecule has 2 aromatic rings. The molecule has 1 unspecified atom stereocenters. The van der Waals surface area contributed by atoms with Crippen molar-refractivity contribution >= 4 is 16.0 Å². The zero-order chi connectivity index (χ0) is 24.5. The number of fused-ring (bicyclic) bond motifs is 1. The van der Waals surface area contributed by atoms with Crippen LogP contribution in [0, 0.1) is 5.82 Å². The van der Waals surface area contributed by atoms with Gasteiger partial charge in [-0.2, -0.15) is 17.0 Å². The fraction of sp³-hybridized carbons (Fsp3) is 0.476. The number of rotatable bonds is 7. The number of nitrogens with zero attached hydrogens (tertiary/aromatic N) is 5. The first-order chi connectivity index (χ1) is 15.4. The van der Waals surface area contributed by atoms with Crippen molar-refractivity contribution in [3.8, 4) is 5.75 Å². The number of likely N-dealkylation sites (N-methyl/N-ethyl adjacent to an activating group) is 2. The highest BCUT2D eigenvalue weighted by Crippen LogP contribution is 2.26. The third kappa shape index (κ3) is 5.13. The zero-order valence-corrected chi connectivity index (χ0v) is 19.8. The van der Waals surface area contributed by atoms with E-state index in [0.717, 1.165) is 8.61 Å². The molecule has 10 nitrogen and oxygen atoms in total. The molecule has 1 aromatic heterocycles. The van der Waals surface area contributed by atoms with Crippen LogP contribution in [0.1, 0.15) is 34.3 Å². The first kappa shape index (κ1) is 25.0. The fourth-order valence-electron chi connectivity index (χ4n) is 3.69. The van der Waals surface area contributed by atoms with E-state index in [0.29, 0.717) is 12.1 Å². The standard InChI is InChI=1S/C21H28FN5O5S/c1-24(2)33(31,32)26(4)16-13-25(3)11-12-27-20(16)23-18(19(29)21(27)30)17(28)10-7-14-5-8-15(22)9-6-14/h5-6,8-9,16,29H,7,10-13H2,1-4H3. The molecule has 0 spiro atoms. The number of halogens is 1. The van der Waals surface area contributed by atoms with Gasteiger partial charge in [-0.15, -0.1) is 0 Å². The molecular weight excluding hydrogens is 453 g/mol. The molecule has 3 rings (SSSR count). The van der Waals surface area contributed by atoms with Crippen molar-refractivity contribution in [3.63, 3.8) is 0 Å². The predicted molar refractivity (Wildman–Crippen MR) is 120 cm³/mol. The lowest BCUT2D eigenvalue weighted by Gasteiger charge is -2.30. The summed E-state index contributed by atoms with van der Waals surface area (Å²) in [4.78, 5) is 32.0. The molecule has 0 amide bonds. The number of hydrogen-bond donors (Lipinski definition) is 1. The molecule has 0 saturated carbocycles. The highest BCUT2D eigenvalue weighted by atomic mass is 32.2. The average molecular weight is 482 g/mol. The maximum Gasteiger partial charge on any atom is 0.296 e. The molecule has 0 radical (unpaired) electrons. The van der Waals surface area contributed by atoms with Crippen molar-refractivity contribution < 1.29 is 22.7 Å². The van der Waals surface area contributed by atoms with Crippen LogP contribution in [0.5, 0.6) is 5.75 Å². The molecular formula is C21H28FN5O5S. The Morgan fingerprint density at radius 3 is 2.45 bits per heavy atom. The van der Waals surface area contributed by atoms with Gasteiger partial charge in [0.15, 0.2) is 11.5 Å². The molecule has 0 fully saturated rings. The number of aromatic hydroxyl groups is 1. The number of aromatic nitrogens is 2. The van der Waals surface area contributed by atoms with Gasteiger partial charge >= 0.3 is 0 Å². The smallest absolute Gasteiger partial charge is 0.296 e. The van der Waals surface area contributed by atoms with Crippen LogP contribution < -0.4 is 5.56 Å². The highest BCUT2D eigenvalue weighted by molar-refractivity contribution is 7.86. The van der Waals surface area contributed by atoms with Crippen molar-refractivity contribution in [2.45, 2.75) is 25.4 Å². The molecule has 12 heteroatoms. The molecule has 1 N–H and O–H groups in total. The molecule has 1 atom stereocenters. The van der Waals surface area contributed by atoms with E-state index in [4.69, 9.17) is 0 Å². The summed E-state index contributed by atoms with van der Waals surface area (Å²) in [6.07, 6.45) is 0.200. The first-order valence-corrected chi connectivity index (χ1v) is 11.8. The summed E-state index contributed by atoms with van der Waals surface area (Å²) in [5, 5.41) is 10.5. The van der Waals surface area contributed by atoms with Crippen molar-refractivity contribution in [3.05, 3.63) is 57.5 Å². The molecule has 180 valence electrons. The number of carbonyl (C=O) groups excluding carboxylic acids is 1. The number of ketones is 1. The van der Waals surface area contributed by atoms with Gasteiger partial charge in [-0.1, -0.05) is 12.1 Å². The van der Waals surface area contributed by atoms with E-state index in [1.807, 2.05) is 4.90 Å². The van der Waals surface area contributed by atoms with Gasteiger partial charge in [0, 0.05) is 47.2 Å². The highest BCUT2D eigenvalue weighted by Gasteiger charge is 2.36. The Bertz CT molecular complexity index is 1200. The number of benzene rings is 1. The maximum absolute atomic E-state index is 13.1. The molecule has 1 aliphatic rings. The van der Waals surface area contributed by atoms with E-state index >= 15 is 0 Å². The van der Waals surface area contributed by atoms with Crippen molar-refractivity contribution in [2.24, 2.45) is 0 Å².